The summed E-state index contributed by atoms with van der Waals surface area (Å²) in [5.41, 5.74) is 2.95. The molecule has 0 saturated carbocycles. The van der Waals surface area contributed by atoms with Crippen LogP contribution in [0.5, 0.6) is 5.75 Å². The summed E-state index contributed by atoms with van der Waals surface area (Å²) in [5, 5.41) is 15.6. The normalized spacial score (nSPS) is 16.8. The molecule has 1 N–H and O–H groups in total. The second-order valence-corrected chi connectivity index (χ2v) is 8.98. The van der Waals surface area contributed by atoms with Crippen LogP contribution in [0.3, 0.4) is 0 Å². The molecule has 0 radical (unpaired) electrons. The first-order valence-electron chi connectivity index (χ1n) is 11.0. The van der Waals surface area contributed by atoms with E-state index >= 15 is 0 Å². The highest BCUT2D eigenvalue weighted by molar-refractivity contribution is 6.31. The Balaban J connectivity index is 1.61. The Morgan fingerprint density at radius 3 is 2.59 bits per heavy atom. The van der Waals surface area contributed by atoms with Crippen molar-refractivity contribution in [3.63, 3.8) is 0 Å². The molecule has 174 valence electrons. The average Bonchev–Trinajstić information content (AvgIpc) is 3.23. The summed E-state index contributed by atoms with van der Waals surface area (Å²) in [7, 11) is 1.65. The smallest absolute Gasteiger partial charge is 0.145 e. The fraction of sp³-hybridized carbons (Fsp3) is 0.480. The third-order valence-electron chi connectivity index (χ3n) is 5.20. The lowest BCUT2D eigenvalue weighted by Crippen LogP contribution is -2.39. The van der Waals surface area contributed by atoms with Crippen molar-refractivity contribution in [2.24, 2.45) is 11.1 Å². The van der Waals surface area contributed by atoms with Crippen molar-refractivity contribution >= 4 is 17.3 Å². The second kappa shape index (κ2) is 12.2. The van der Waals surface area contributed by atoms with Crippen molar-refractivity contribution in [3.8, 4) is 5.75 Å². The Kier molecular flexibility index (Phi) is 9.36. The third kappa shape index (κ3) is 7.48. The van der Waals surface area contributed by atoms with Crippen LogP contribution in [-0.4, -0.2) is 61.3 Å². The number of ether oxygens (including phenoxy) is 2. The minimum atomic E-state index is -0.598. The summed E-state index contributed by atoms with van der Waals surface area (Å²) >= 11 is 6.39. The fourth-order valence-corrected chi connectivity index (χ4v) is 3.83. The van der Waals surface area contributed by atoms with Gasteiger partial charge in [-0.2, -0.15) is 0 Å². The topological polar surface area (TPSA) is 63.5 Å². The predicted octanol–water partition coefficient (Wildman–Crippen LogP) is 4.38. The summed E-state index contributed by atoms with van der Waals surface area (Å²) in [6, 6.07) is 15.6. The molecule has 0 bridgehead atoms. The average molecular weight is 461 g/mol. The first-order chi connectivity index (χ1) is 15.4. The van der Waals surface area contributed by atoms with Gasteiger partial charge in [-0.3, -0.25) is 4.90 Å². The molecule has 1 aliphatic rings. The zero-order valence-corrected chi connectivity index (χ0v) is 19.8. The van der Waals surface area contributed by atoms with Gasteiger partial charge in [0.05, 0.1) is 25.5 Å². The maximum absolute atomic E-state index is 10.6. The fourth-order valence-electron chi connectivity index (χ4n) is 3.63. The van der Waals surface area contributed by atoms with Crippen LogP contribution in [0.4, 0.5) is 0 Å². The zero-order valence-electron chi connectivity index (χ0n) is 19.0. The van der Waals surface area contributed by atoms with E-state index in [2.05, 4.69) is 23.9 Å². The van der Waals surface area contributed by atoms with Crippen LogP contribution in [-0.2, 0) is 16.1 Å². The molecule has 2 atom stereocenters. The Labute approximate surface area is 195 Å². The zero-order chi connectivity index (χ0) is 22.9. The summed E-state index contributed by atoms with van der Waals surface area (Å²) in [6.45, 7) is 6.81. The van der Waals surface area contributed by atoms with Crippen molar-refractivity contribution in [3.05, 3.63) is 64.7 Å². The third-order valence-corrected chi connectivity index (χ3v) is 5.57. The Bertz CT molecular complexity index is 873. The number of halogens is 1. The lowest BCUT2D eigenvalue weighted by atomic mass is 10.0. The Morgan fingerprint density at radius 2 is 1.91 bits per heavy atom. The van der Waals surface area contributed by atoms with E-state index in [4.69, 9.17) is 25.9 Å². The van der Waals surface area contributed by atoms with E-state index in [-0.39, 0.29) is 6.10 Å². The number of benzene rings is 2. The molecular formula is C25H33ClN2O4. The van der Waals surface area contributed by atoms with E-state index in [0.29, 0.717) is 50.2 Å². The number of hydrogen-bond acceptors (Lipinski definition) is 6. The number of aliphatic hydroxyl groups is 1. The molecule has 2 aromatic rings. The number of oxime groups is 1. The van der Waals surface area contributed by atoms with E-state index in [1.807, 2.05) is 48.5 Å². The van der Waals surface area contributed by atoms with E-state index in [1.54, 1.807) is 7.11 Å². The predicted molar refractivity (Wildman–Crippen MR) is 127 cm³/mol. The molecule has 0 spiro atoms. The summed E-state index contributed by atoms with van der Waals surface area (Å²) < 4.78 is 10.9. The standard InChI is InChI=1S/C25H33ClN2O4/c1-18(2)16-31-17-21(29)14-28(13-20-6-4-5-7-24(20)26)15-23-12-25(27-32-23)19-8-10-22(30-3)11-9-19/h4-11,18,21,23,29H,12-17H2,1-3H3/t21-,23-/m0/s1. The van der Waals surface area contributed by atoms with Gasteiger partial charge in [-0.25, -0.2) is 0 Å². The largest absolute Gasteiger partial charge is 0.497 e. The van der Waals surface area contributed by atoms with Gasteiger partial charge in [-0.1, -0.05) is 48.8 Å². The SMILES string of the molecule is COc1ccc(C2=NO[C@H](CN(Cc3ccccc3Cl)C[C@H](O)COCC(C)C)C2)cc1. The van der Waals surface area contributed by atoms with Gasteiger partial charge >= 0.3 is 0 Å². The number of methoxy groups -OCH3 is 1. The van der Waals surface area contributed by atoms with E-state index in [1.165, 1.54) is 0 Å². The lowest BCUT2D eigenvalue weighted by molar-refractivity contribution is -0.00734. The number of rotatable bonds is 12. The van der Waals surface area contributed by atoms with Crippen LogP contribution in [0.1, 0.15) is 31.4 Å². The molecule has 1 aliphatic heterocycles. The summed E-state index contributed by atoms with van der Waals surface area (Å²) in [5.74, 6) is 1.24. The van der Waals surface area contributed by atoms with Crippen molar-refractivity contribution in [1.82, 2.24) is 4.90 Å². The van der Waals surface area contributed by atoms with Crippen LogP contribution in [0.25, 0.3) is 0 Å². The molecule has 2 aromatic carbocycles. The molecule has 6 nitrogen and oxygen atoms in total. The van der Waals surface area contributed by atoms with E-state index < -0.39 is 6.10 Å². The summed E-state index contributed by atoms with van der Waals surface area (Å²) in [6.07, 6.45) is 0.00339. The summed E-state index contributed by atoms with van der Waals surface area (Å²) in [4.78, 5) is 7.89. The van der Waals surface area contributed by atoms with Gasteiger partial charge in [-0.15, -0.1) is 0 Å². The quantitative estimate of drug-likeness (QED) is 0.509. The molecule has 32 heavy (non-hydrogen) atoms. The maximum Gasteiger partial charge on any atom is 0.145 e. The van der Waals surface area contributed by atoms with Crippen molar-refractivity contribution in [2.75, 3.05) is 33.4 Å². The van der Waals surface area contributed by atoms with Gasteiger partial charge in [0.2, 0.25) is 0 Å². The first-order valence-corrected chi connectivity index (χ1v) is 11.4. The van der Waals surface area contributed by atoms with Gasteiger partial charge in [0.1, 0.15) is 11.9 Å². The molecule has 0 fully saturated rings. The molecular weight excluding hydrogens is 428 g/mol. The minimum absolute atomic E-state index is 0.0987. The van der Waals surface area contributed by atoms with E-state index in [0.717, 1.165) is 22.6 Å². The number of nitrogens with zero attached hydrogens (tertiary/aromatic N) is 2. The Morgan fingerprint density at radius 1 is 1.16 bits per heavy atom. The van der Waals surface area contributed by atoms with Crippen LogP contribution in [0.15, 0.2) is 53.7 Å². The molecule has 1 heterocycles. The van der Waals surface area contributed by atoms with Gasteiger partial charge in [-0.05, 0) is 47.4 Å². The number of hydrogen-bond donors (Lipinski definition) is 1. The maximum atomic E-state index is 10.6. The van der Waals surface area contributed by atoms with Crippen LogP contribution in [0.2, 0.25) is 5.02 Å². The molecule has 0 aromatic heterocycles. The molecule has 0 aliphatic carbocycles. The van der Waals surface area contributed by atoms with Crippen molar-refractivity contribution in [1.29, 1.82) is 0 Å². The molecule has 0 saturated heterocycles. The van der Waals surface area contributed by atoms with Gasteiger partial charge in [0.25, 0.3) is 0 Å². The highest BCUT2D eigenvalue weighted by atomic mass is 35.5. The molecule has 3 rings (SSSR count). The minimum Gasteiger partial charge on any atom is -0.497 e. The van der Waals surface area contributed by atoms with Crippen LogP contribution >= 0.6 is 11.6 Å². The van der Waals surface area contributed by atoms with E-state index in [9.17, 15) is 5.11 Å². The first kappa shape index (κ1) is 24.5. The van der Waals surface area contributed by atoms with Gasteiger partial charge < -0.3 is 19.4 Å². The number of aliphatic hydroxyl groups excluding tert-OH is 1. The monoisotopic (exact) mass is 460 g/mol. The second-order valence-electron chi connectivity index (χ2n) is 8.57. The van der Waals surface area contributed by atoms with Crippen molar-refractivity contribution in [2.45, 2.75) is 39.0 Å². The van der Waals surface area contributed by atoms with Gasteiger partial charge in [0.15, 0.2) is 0 Å². The lowest BCUT2D eigenvalue weighted by Gasteiger charge is -2.27. The van der Waals surface area contributed by atoms with Crippen LogP contribution < -0.4 is 4.74 Å². The van der Waals surface area contributed by atoms with Crippen LogP contribution in [0, 0.1) is 5.92 Å². The molecule has 0 amide bonds. The highest BCUT2D eigenvalue weighted by Crippen LogP contribution is 2.22. The molecule has 0 unspecified atom stereocenters. The highest BCUT2D eigenvalue weighted by Gasteiger charge is 2.26. The van der Waals surface area contributed by atoms with Gasteiger partial charge in [0, 0.05) is 37.7 Å². The molecule has 7 heteroatoms. The Hall–Kier alpha value is -2.12. The van der Waals surface area contributed by atoms with Crippen molar-refractivity contribution < 1.29 is 19.4 Å².